The second kappa shape index (κ2) is 8.79. The molecule has 1 amide bonds. The number of anilines is 1. The van der Waals surface area contributed by atoms with Crippen molar-refractivity contribution in [3.63, 3.8) is 0 Å². The second-order valence-corrected chi connectivity index (χ2v) is 7.30. The molecule has 144 valence electrons. The van der Waals surface area contributed by atoms with Gasteiger partial charge in [0.2, 0.25) is 11.1 Å². The predicted molar refractivity (Wildman–Crippen MR) is 109 cm³/mol. The highest BCUT2D eigenvalue weighted by Crippen LogP contribution is 2.22. The molecule has 0 atom stereocenters. The number of aryl methyl sites for hydroxylation is 2. The van der Waals surface area contributed by atoms with Crippen molar-refractivity contribution in [3.05, 3.63) is 59.2 Å². The Balaban J connectivity index is 1.76. The molecule has 1 aromatic heterocycles. The van der Waals surface area contributed by atoms with Gasteiger partial charge >= 0.3 is 0 Å². The second-order valence-electron chi connectivity index (χ2n) is 6.36. The maximum atomic E-state index is 12.6. The van der Waals surface area contributed by atoms with Crippen LogP contribution in [0.25, 0.3) is 5.69 Å². The first-order chi connectivity index (χ1) is 13.5. The third kappa shape index (κ3) is 4.64. The van der Waals surface area contributed by atoms with Crippen LogP contribution in [0.2, 0.25) is 0 Å². The number of carbonyl (C=O) groups excluding carboxylic acids is 2. The molecule has 8 heteroatoms. The van der Waals surface area contributed by atoms with Crippen molar-refractivity contribution < 1.29 is 9.59 Å². The third-order valence-corrected chi connectivity index (χ3v) is 5.08. The summed E-state index contributed by atoms with van der Waals surface area (Å²) in [5, 5.41) is 15.1. The molecule has 7 nitrogen and oxygen atoms in total. The molecule has 3 rings (SSSR count). The van der Waals surface area contributed by atoms with Crippen molar-refractivity contribution in [1.29, 1.82) is 0 Å². The number of aromatic nitrogens is 4. The lowest BCUT2D eigenvalue weighted by Gasteiger charge is -2.08. The van der Waals surface area contributed by atoms with Gasteiger partial charge in [-0.3, -0.25) is 9.59 Å². The van der Waals surface area contributed by atoms with Gasteiger partial charge in [0.1, 0.15) is 0 Å². The van der Waals surface area contributed by atoms with Crippen molar-refractivity contribution in [2.45, 2.75) is 32.3 Å². The van der Waals surface area contributed by atoms with Gasteiger partial charge in [0.15, 0.2) is 5.78 Å². The van der Waals surface area contributed by atoms with Gasteiger partial charge in [-0.2, -0.15) is 4.68 Å². The van der Waals surface area contributed by atoms with Gasteiger partial charge in [-0.15, -0.1) is 5.10 Å². The van der Waals surface area contributed by atoms with Gasteiger partial charge in [-0.1, -0.05) is 42.4 Å². The maximum absolute atomic E-state index is 12.6. The Labute approximate surface area is 167 Å². The number of nitrogens with zero attached hydrogens (tertiary/aromatic N) is 4. The van der Waals surface area contributed by atoms with Crippen LogP contribution in [0, 0.1) is 13.8 Å². The van der Waals surface area contributed by atoms with Crippen LogP contribution in [0.5, 0.6) is 0 Å². The number of ketones is 1. The molecule has 0 aliphatic heterocycles. The minimum atomic E-state index is -0.0671. The number of benzene rings is 2. The van der Waals surface area contributed by atoms with Crippen LogP contribution in [-0.4, -0.2) is 37.7 Å². The number of nitrogens with one attached hydrogen (secondary N) is 1. The number of tetrazole rings is 1. The molecule has 28 heavy (non-hydrogen) atoms. The third-order valence-electron chi connectivity index (χ3n) is 4.16. The number of rotatable bonds is 7. The molecule has 0 aliphatic rings. The fraction of sp³-hybridized carbons (Fsp3) is 0.250. The van der Waals surface area contributed by atoms with E-state index in [1.165, 1.54) is 11.8 Å². The van der Waals surface area contributed by atoms with E-state index in [9.17, 15) is 9.59 Å². The van der Waals surface area contributed by atoms with Crippen LogP contribution in [0.4, 0.5) is 5.69 Å². The predicted octanol–water partition coefficient (Wildman–Crippen LogP) is 3.60. The SMILES string of the molecule is CCC(=O)Nc1cccc(-n2nnnc2SCC(=O)c2cc(C)ccc2C)c1. The molecule has 1 N–H and O–H groups in total. The van der Waals surface area contributed by atoms with Crippen LogP contribution in [-0.2, 0) is 4.79 Å². The summed E-state index contributed by atoms with van der Waals surface area (Å²) in [5.74, 6) is 0.198. The lowest BCUT2D eigenvalue weighted by molar-refractivity contribution is -0.115. The molecular formula is C20H21N5O2S. The van der Waals surface area contributed by atoms with Gasteiger partial charge in [0.25, 0.3) is 0 Å². The van der Waals surface area contributed by atoms with Gasteiger partial charge < -0.3 is 5.32 Å². The average Bonchev–Trinajstić information content (AvgIpc) is 3.16. The Morgan fingerprint density at radius 1 is 1.14 bits per heavy atom. The molecule has 0 saturated heterocycles. The smallest absolute Gasteiger partial charge is 0.224 e. The Hall–Kier alpha value is -3.00. The fourth-order valence-electron chi connectivity index (χ4n) is 2.64. The normalized spacial score (nSPS) is 10.7. The molecule has 1 heterocycles. The summed E-state index contributed by atoms with van der Waals surface area (Å²) in [6.45, 7) is 5.69. The van der Waals surface area contributed by atoms with Crippen LogP contribution < -0.4 is 5.32 Å². The number of Topliss-reactive ketones (excluding diaryl/α,β-unsaturated/α-hetero) is 1. The van der Waals surface area contributed by atoms with Gasteiger partial charge in [0.05, 0.1) is 11.4 Å². The van der Waals surface area contributed by atoms with E-state index in [0.29, 0.717) is 23.0 Å². The monoisotopic (exact) mass is 395 g/mol. The van der Waals surface area contributed by atoms with Crippen molar-refractivity contribution in [3.8, 4) is 5.69 Å². The number of thioether (sulfide) groups is 1. The lowest BCUT2D eigenvalue weighted by atomic mass is 10.0. The van der Waals surface area contributed by atoms with Crippen molar-refractivity contribution >= 4 is 29.1 Å². The van der Waals surface area contributed by atoms with Crippen LogP contribution in [0.3, 0.4) is 0 Å². The van der Waals surface area contributed by atoms with E-state index in [0.717, 1.165) is 16.7 Å². The molecule has 3 aromatic rings. The Bertz CT molecular complexity index is 1020. The molecule has 0 bridgehead atoms. The summed E-state index contributed by atoms with van der Waals surface area (Å²) in [5.41, 5.74) is 4.10. The molecule has 0 radical (unpaired) electrons. The van der Waals surface area contributed by atoms with Crippen molar-refractivity contribution in [2.75, 3.05) is 11.1 Å². The summed E-state index contributed by atoms with van der Waals surface area (Å²) < 4.78 is 1.56. The summed E-state index contributed by atoms with van der Waals surface area (Å²) in [6, 6.07) is 13.1. The van der Waals surface area contributed by atoms with Crippen LogP contribution in [0.15, 0.2) is 47.6 Å². The summed E-state index contributed by atoms with van der Waals surface area (Å²) in [6.07, 6.45) is 0.400. The van der Waals surface area contributed by atoms with E-state index in [2.05, 4.69) is 20.8 Å². The number of hydrogen-bond donors (Lipinski definition) is 1. The summed E-state index contributed by atoms with van der Waals surface area (Å²) in [4.78, 5) is 24.2. The van der Waals surface area contributed by atoms with E-state index in [4.69, 9.17) is 0 Å². The lowest BCUT2D eigenvalue weighted by Crippen LogP contribution is -2.10. The first-order valence-electron chi connectivity index (χ1n) is 8.90. The zero-order valence-corrected chi connectivity index (χ0v) is 16.8. The molecule has 0 fully saturated rings. The number of hydrogen-bond acceptors (Lipinski definition) is 6. The number of amides is 1. The molecule has 0 unspecified atom stereocenters. The van der Waals surface area contributed by atoms with Crippen molar-refractivity contribution in [1.82, 2.24) is 20.2 Å². The van der Waals surface area contributed by atoms with E-state index in [1.54, 1.807) is 23.7 Å². The van der Waals surface area contributed by atoms with Gasteiger partial charge in [-0.25, -0.2) is 0 Å². The van der Waals surface area contributed by atoms with Crippen LogP contribution >= 0.6 is 11.8 Å². The van der Waals surface area contributed by atoms with Crippen molar-refractivity contribution in [2.24, 2.45) is 0 Å². The van der Waals surface area contributed by atoms with E-state index < -0.39 is 0 Å². The van der Waals surface area contributed by atoms with E-state index in [-0.39, 0.29) is 17.4 Å². The molecule has 0 aliphatic carbocycles. The first-order valence-corrected chi connectivity index (χ1v) is 9.88. The number of carbonyl (C=O) groups is 2. The summed E-state index contributed by atoms with van der Waals surface area (Å²) in [7, 11) is 0. The highest BCUT2D eigenvalue weighted by Gasteiger charge is 2.15. The largest absolute Gasteiger partial charge is 0.326 e. The fourth-order valence-corrected chi connectivity index (χ4v) is 3.41. The maximum Gasteiger partial charge on any atom is 0.224 e. The Morgan fingerprint density at radius 3 is 2.75 bits per heavy atom. The zero-order chi connectivity index (χ0) is 20.1. The van der Waals surface area contributed by atoms with Crippen LogP contribution in [0.1, 0.15) is 34.8 Å². The Morgan fingerprint density at radius 2 is 1.96 bits per heavy atom. The topological polar surface area (TPSA) is 89.8 Å². The van der Waals surface area contributed by atoms with Gasteiger partial charge in [0, 0.05) is 17.7 Å². The Kier molecular flexibility index (Phi) is 6.20. The van der Waals surface area contributed by atoms with E-state index in [1.807, 2.05) is 44.2 Å². The first kappa shape index (κ1) is 19.8. The highest BCUT2D eigenvalue weighted by molar-refractivity contribution is 7.99. The highest BCUT2D eigenvalue weighted by atomic mass is 32.2. The minimum absolute atomic E-state index is 0.0321. The molecule has 2 aromatic carbocycles. The molecule has 0 spiro atoms. The minimum Gasteiger partial charge on any atom is -0.326 e. The molecule has 0 saturated carbocycles. The quantitative estimate of drug-likeness (QED) is 0.486. The zero-order valence-electron chi connectivity index (χ0n) is 16.0. The average molecular weight is 395 g/mol. The van der Waals surface area contributed by atoms with Gasteiger partial charge in [-0.05, 0) is 54.1 Å². The summed E-state index contributed by atoms with van der Waals surface area (Å²) >= 11 is 1.28. The molecular weight excluding hydrogens is 374 g/mol. The van der Waals surface area contributed by atoms with E-state index >= 15 is 0 Å². The standard InChI is InChI=1S/C20H21N5O2S/c1-4-19(27)21-15-6-5-7-16(11-15)25-20(22-23-24-25)28-12-18(26)17-10-13(2)8-9-14(17)3/h5-11H,4,12H2,1-3H3,(H,21,27).